The van der Waals surface area contributed by atoms with Crippen molar-refractivity contribution in [2.45, 2.75) is 0 Å². The van der Waals surface area contributed by atoms with Crippen molar-refractivity contribution in [2.24, 2.45) is 0 Å². The van der Waals surface area contributed by atoms with E-state index < -0.39 is 0 Å². The van der Waals surface area contributed by atoms with E-state index in [4.69, 9.17) is 0 Å². The Morgan fingerprint density at radius 2 is 2.04 bits per heavy atom. The topological polar surface area (TPSA) is 63.2 Å². The molecule has 0 N–H and O–H groups in total. The first-order valence-corrected chi connectivity index (χ1v) is 5.14. The molecule has 2 rings (SSSR count). The maximum Gasteiger partial charge on any atom is 2.00 e. The molecule has 0 aliphatic rings. The van der Waals surface area contributed by atoms with E-state index >= 15 is 0 Å². The average molecular weight is 813 g/mol. The fourth-order valence-electron chi connectivity index (χ4n) is 0.981. The summed E-state index contributed by atoms with van der Waals surface area (Å²) in [7, 11) is 0. The Morgan fingerprint density at radius 3 is 2.39 bits per heavy atom. The van der Waals surface area contributed by atoms with Crippen molar-refractivity contribution in [2.75, 3.05) is 4.90 Å². The molecule has 2 heterocycles. The summed E-state index contributed by atoms with van der Waals surface area (Å²) in [5.41, 5.74) is 0.107. The maximum atomic E-state index is 10.3. The standard InChI is InChI=1S/C9H5N2O2.C5H4N.U.V.W.Y/c1-2-11(7-13)9-5-3-4-8(6-12)10-9;1-2-4-6-5-3-1;;;;/h2-3,6H,1H2;1-4H;;;;/q-5;-1;;+2;;. The molecular formula is C14H9N3O2UVWY-4. The van der Waals surface area contributed by atoms with Gasteiger partial charge in [0.25, 0.3) is 0 Å². The molecule has 2 radical (unpaired) electrons. The van der Waals surface area contributed by atoms with E-state index in [-0.39, 0.29) is 115 Å². The van der Waals surface area contributed by atoms with Crippen LogP contribution in [0.5, 0.6) is 0 Å². The molecule has 0 atom stereocenters. The Morgan fingerprint density at radius 1 is 1.35 bits per heavy atom. The molecule has 0 bridgehead atoms. The summed E-state index contributed by atoms with van der Waals surface area (Å²) in [5.74, 6) is 0.172. The molecule has 0 aliphatic heterocycles. The van der Waals surface area contributed by atoms with Gasteiger partial charge in [-0.25, -0.2) is 5.82 Å². The van der Waals surface area contributed by atoms with Crippen LogP contribution in [0.1, 0.15) is 10.5 Å². The summed E-state index contributed by atoms with van der Waals surface area (Å²) < 4.78 is 0. The van der Waals surface area contributed by atoms with Crippen LogP contribution in [0.15, 0.2) is 30.5 Å². The molecule has 0 aromatic carbocycles. The zero-order valence-corrected chi connectivity index (χ0v) is 23.2. The Balaban J connectivity index is -0.000000157. The minimum Gasteiger partial charge on any atom is -0.670 e. The number of aromatic nitrogens is 2. The zero-order valence-electron chi connectivity index (χ0n) is 11.8. The van der Waals surface area contributed by atoms with E-state index in [0.29, 0.717) is 6.29 Å². The van der Waals surface area contributed by atoms with Crippen LogP contribution in [-0.2, 0) is 77.1 Å². The van der Waals surface area contributed by atoms with Crippen molar-refractivity contribution in [1.29, 1.82) is 0 Å². The van der Waals surface area contributed by atoms with Crippen molar-refractivity contribution >= 4 is 18.5 Å². The summed E-state index contributed by atoms with van der Waals surface area (Å²) in [5, 5.41) is 0. The molecule has 23 heavy (non-hydrogen) atoms. The number of aldehydes is 1. The first-order valence-electron chi connectivity index (χ1n) is 5.14. The van der Waals surface area contributed by atoms with Crippen LogP contribution < -0.4 is 4.90 Å². The first-order chi connectivity index (χ1) is 9.31. The normalized spacial score (nSPS) is 7.35. The fourth-order valence-corrected chi connectivity index (χ4v) is 0.981. The number of hydrogen-bond acceptors (Lipinski definition) is 4. The number of anilines is 1. The SMILES string of the molecule is [CH2-][CH-]N([C-]=O)c1[c-]c[c-]c(C=O)n1.[U].[V+2].[W].[Y].[c-]1ccccn1. The summed E-state index contributed by atoms with van der Waals surface area (Å²) in [6.45, 7) is 4.59. The zero-order chi connectivity index (χ0) is 13.9. The molecule has 1 amide bonds. The molecule has 5 nitrogen and oxygen atoms in total. The first kappa shape index (κ1) is 31.6. The third-order valence-corrected chi connectivity index (χ3v) is 1.79. The van der Waals surface area contributed by atoms with Gasteiger partial charge in [0.15, 0.2) is 0 Å². The van der Waals surface area contributed by atoms with Crippen LogP contribution in [0.4, 0.5) is 5.82 Å². The van der Waals surface area contributed by atoms with Gasteiger partial charge in [0.05, 0.1) is 0 Å². The molecule has 0 fully saturated rings. The van der Waals surface area contributed by atoms with Gasteiger partial charge in [-0.1, -0.05) is 12.4 Å². The molecule has 0 unspecified atom stereocenters. The van der Waals surface area contributed by atoms with Crippen molar-refractivity contribution < 1.29 is 113 Å². The number of carbonyl (C=O) groups excluding carboxylic acids is 2. The van der Waals surface area contributed by atoms with Gasteiger partial charge in [0, 0.05) is 91.3 Å². The average Bonchev–Trinajstić information content (AvgIpc) is 2.51. The monoisotopic (exact) mass is 813 g/mol. The maximum absolute atomic E-state index is 10.3. The minimum atomic E-state index is 0. The number of pyridine rings is 2. The predicted molar refractivity (Wildman–Crippen MR) is 68.2 cm³/mol. The molecule has 0 saturated carbocycles. The van der Waals surface area contributed by atoms with Crippen LogP contribution >= 0.6 is 0 Å². The number of hydrogen-bond donors (Lipinski definition) is 0. The summed E-state index contributed by atoms with van der Waals surface area (Å²) in [6, 6.07) is 12.0. The summed E-state index contributed by atoms with van der Waals surface area (Å²) in [4.78, 5) is 29.0. The number of nitrogens with zero attached hydrogens (tertiary/aromatic N) is 3. The van der Waals surface area contributed by atoms with Crippen molar-refractivity contribution in [3.8, 4) is 0 Å². The van der Waals surface area contributed by atoms with E-state index in [2.05, 4.69) is 35.2 Å². The van der Waals surface area contributed by atoms with E-state index in [1.165, 1.54) is 12.6 Å². The Hall–Kier alpha value is 0.869. The Bertz CT molecular complexity index is 500. The van der Waals surface area contributed by atoms with Gasteiger partial charge >= 0.3 is 18.6 Å². The van der Waals surface area contributed by atoms with Gasteiger partial charge in [0.2, 0.25) is 0 Å². The van der Waals surface area contributed by atoms with Gasteiger partial charge in [-0.3, -0.25) is 4.79 Å². The molecular weight excluding hydrogens is 804 g/mol. The number of rotatable bonds is 4. The minimum absolute atomic E-state index is 0. The van der Waals surface area contributed by atoms with E-state index in [0.717, 1.165) is 4.90 Å². The van der Waals surface area contributed by atoms with E-state index in [1.54, 1.807) is 18.7 Å². The quantitative estimate of drug-likeness (QED) is 0.265. The van der Waals surface area contributed by atoms with E-state index in [1.807, 2.05) is 12.1 Å². The van der Waals surface area contributed by atoms with Gasteiger partial charge in [-0.05, 0) is 0 Å². The van der Waals surface area contributed by atoms with Crippen molar-refractivity contribution in [3.05, 3.63) is 68.0 Å². The van der Waals surface area contributed by atoms with Gasteiger partial charge < -0.3 is 51.3 Å². The van der Waals surface area contributed by atoms with Crippen LogP contribution in [0.25, 0.3) is 0 Å². The number of amides is 1. The third-order valence-electron chi connectivity index (χ3n) is 1.79. The molecule has 114 valence electrons. The summed E-state index contributed by atoms with van der Waals surface area (Å²) in [6.07, 6.45) is 6.43. The number of carbonyl (C=O) groups is 1. The largest absolute Gasteiger partial charge is 2.00 e. The molecule has 0 spiro atoms. The molecule has 0 aliphatic carbocycles. The van der Waals surface area contributed by atoms with Crippen LogP contribution in [0, 0.1) is 62.9 Å². The smallest absolute Gasteiger partial charge is 0.670 e. The van der Waals surface area contributed by atoms with Gasteiger partial charge in [0.1, 0.15) is 6.29 Å². The third kappa shape index (κ3) is 13.8. The van der Waals surface area contributed by atoms with Crippen molar-refractivity contribution in [3.63, 3.8) is 0 Å². The molecule has 9 heteroatoms. The van der Waals surface area contributed by atoms with Crippen LogP contribution in [0.3, 0.4) is 0 Å². The predicted octanol–water partition coefficient (Wildman–Crippen LogP) is 1.24. The fraction of sp³-hybridized carbons (Fsp3) is 0. The van der Waals surface area contributed by atoms with Crippen molar-refractivity contribution in [1.82, 2.24) is 9.97 Å². The van der Waals surface area contributed by atoms with Crippen LogP contribution in [0.2, 0.25) is 0 Å². The van der Waals surface area contributed by atoms with Gasteiger partial charge in [-0.15, -0.1) is 5.69 Å². The second-order valence-electron chi connectivity index (χ2n) is 2.97. The second kappa shape index (κ2) is 20.9. The Labute approximate surface area is 211 Å². The van der Waals surface area contributed by atoms with Crippen LogP contribution in [-0.4, -0.2) is 22.7 Å². The second-order valence-corrected chi connectivity index (χ2v) is 2.97. The molecule has 2 aromatic heterocycles. The molecule has 0 saturated heterocycles. The summed E-state index contributed by atoms with van der Waals surface area (Å²) >= 11 is 0. The molecule has 2 aromatic rings. The van der Waals surface area contributed by atoms with E-state index in [9.17, 15) is 9.59 Å². The Kier molecular flexibility index (Phi) is 28.8. The van der Waals surface area contributed by atoms with Gasteiger partial charge in [-0.2, -0.15) is 18.2 Å².